The van der Waals surface area contributed by atoms with E-state index in [0.717, 1.165) is 44.4 Å². The van der Waals surface area contributed by atoms with Gasteiger partial charge in [-0.15, -0.1) is 0 Å². The third kappa shape index (κ3) is 3.00. The summed E-state index contributed by atoms with van der Waals surface area (Å²) < 4.78 is 8.12. The molecule has 5 aromatic rings. The Balaban J connectivity index is 1.53. The molecule has 3 aromatic heterocycles. The summed E-state index contributed by atoms with van der Waals surface area (Å²) in [6.45, 7) is 4.15. The minimum atomic E-state index is -0.144. The van der Waals surface area contributed by atoms with Gasteiger partial charge in [-0.1, -0.05) is 6.07 Å². The summed E-state index contributed by atoms with van der Waals surface area (Å²) in [6, 6.07) is 12.0. The highest BCUT2D eigenvalue weighted by molar-refractivity contribution is 5.93. The number of nitrogens with one attached hydrogen (secondary N) is 1. The fraction of sp³-hybridized carbons (Fsp3) is 0.182. The van der Waals surface area contributed by atoms with Gasteiger partial charge in [-0.05, 0) is 49.7 Å². The molecule has 2 aromatic carbocycles. The largest absolute Gasteiger partial charge is 0.486 e. The van der Waals surface area contributed by atoms with Gasteiger partial charge in [0.15, 0.2) is 0 Å². The van der Waals surface area contributed by atoms with Gasteiger partial charge >= 0.3 is 0 Å². The lowest BCUT2D eigenvalue weighted by molar-refractivity contribution is 0.228. The van der Waals surface area contributed by atoms with Crippen molar-refractivity contribution in [3.05, 3.63) is 66.1 Å². The highest BCUT2D eigenvalue weighted by Crippen LogP contribution is 2.33. The number of ether oxygens (including phenoxy) is 1. The van der Waals surface area contributed by atoms with Crippen molar-refractivity contribution in [3.63, 3.8) is 0 Å². The Bertz CT molecular complexity index is 1340. The van der Waals surface area contributed by atoms with Crippen LogP contribution >= 0.6 is 0 Å². The van der Waals surface area contributed by atoms with Gasteiger partial charge in [0.1, 0.15) is 17.5 Å². The van der Waals surface area contributed by atoms with Crippen LogP contribution in [0.15, 0.2) is 55.0 Å². The van der Waals surface area contributed by atoms with Crippen molar-refractivity contribution in [2.45, 2.75) is 20.0 Å². The Labute approximate surface area is 167 Å². The molecule has 0 aliphatic rings. The van der Waals surface area contributed by atoms with Gasteiger partial charge in [-0.2, -0.15) is 20.4 Å². The maximum absolute atomic E-state index is 6.35. The standard InChI is InChI=1S/C22H20N6O/c1-13-4-6-19-17(8-9-23-25-19)21(13)14(2)29-16-5-7-20-18(10-16)22(27-26-20)15-11-24-28(3)12-15/h4-12,14H,1-3H3,(H,26,27). The molecule has 7 heteroatoms. The predicted octanol–water partition coefficient (Wildman–Crippen LogP) is 4.36. The highest BCUT2D eigenvalue weighted by Gasteiger charge is 2.16. The monoisotopic (exact) mass is 384 g/mol. The molecule has 144 valence electrons. The van der Waals surface area contributed by atoms with Gasteiger partial charge in [-0.3, -0.25) is 9.78 Å². The second kappa shape index (κ2) is 6.70. The summed E-state index contributed by atoms with van der Waals surface area (Å²) in [5, 5.41) is 22.1. The molecule has 0 aliphatic carbocycles. The van der Waals surface area contributed by atoms with Crippen molar-refractivity contribution in [3.8, 4) is 17.0 Å². The van der Waals surface area contributed by atoms with Crippen molar-refractivity contribution in [2.75, 3.05) is 0 Å². The molecule has 0 saturated heterocycles. The van der Waals surface area contributed by atoms with Crippen LogP contribution in [0.4, 0.5) is 0 Å². The van der Waals surface area contributed by atoms with Crippen LogP contribution in [0.1, 0.15) is 24.2 Å². The summed E-state index contributed by atoms with van der Waals surface area (Å²) in [5.41, 5.74) is 5.94. The average molecular weight is 384 g/mol. The number of rotatable bonds is 4. The third-order valence-corrected chi connectivity index (χ3v) is 5.19. The van der Waals surface area contributed by atoms with E-state index >= 15 is 0 Å². The van der Waals surface area contributed by atoms with Gasteiger partial charge < -0.3 is 4.74 Å². The van der Waals surface area contributed by atoms with Crippen LogP contribution in [0, 0.1) is 6.92 Å². The van der Waals surface area contributed by atoms with Crippen LogP contribution in [0.5, 0.6) is 5.75 Å². The Morgan fingerprint density at radius 2 is 2.00 bits per heavy atom. The Morgan fingerprint density at radius 3 is 2.83 bits per heavy atom. The third-order valence-electron chi connectivity index (χ3n) is 5.19. The van der Waals surface area contributed by atoms with Crippen molar-refractivity contribution in [1.82, 2.24) is 30.2 Å². The molecule has 29 heavy (non-hydrogen) atoms. The van der Waals surface area contributed by atoms with Gasteiger partial charge in [0, 0.05) is 35.1 Å². The molecule has 0 aliphatic heterocycles. The van der Waals surface area contributed by atoms with Gasteiger partial charge in [0.05, 0.1) is 23.4 Å². The SMILES string of the molecule is Cc1ccc2nnccc2c1C(C)Oc1ccc2[nH]nc(-c3cnn(C)c3)c2c1. The van der Waals surface area contributed by atoms with E-state index in [-0.39, 0.29) is 6.10 Å². The Kier molecular flexibility index (Phi) is 4.01. The number of aromatic amines is 1. The molecule has 7 nitrogen and oxygen atoms in total. The molecule has 5 rings (SSSR count). The number of hydrogen-bond donors (Lipinski definition) is 1. The quantitative estimate of drug-likeness (QED) is 0.498. The number of H-pyrrole nitrogens is 1. The molecule has 0 bridgehead atoms. The molecule has 0 amide bonds. The molecule has 0 spiro atoms. The molecule has 1 atom stereocenters. The predicted molar refractivity (Wildman–Crippen MR) is 112 cm³/mol. The van der Waals surface area contributed by atoms with Crippen molar-refractivity contribution < 1.29 is 4.74 Å². The fourth-order valence-electron chi connectivity index (χ4n) is 3.83. The lowest BCUT2D eigenvalue weighted by atomic mass is 9.99. The minimum absolute atomic E-state index is 0.144. The Hall–Kier alpha value is -3.74. The molecule has 0 radical (unpaired) electrons. The van der Waals surface area contributed by atoms with Crippen LogP contribution in [0.3, 0.4) is 0 Å². The second-order valence-electron chi connectivity index (χ2n) is 7.20. The van der Waals surface area contributed by atoms with Crippen molar-refractivity contribution >= 4 is 21.8 Å². The molecule has 1 N–H and O–H groups in total. The van der Waals surface area contributed by atoms with E-state index in [2.05, 4.69) is 45.4 Å². The average Bonchev–Trinajstić information content (AvgIpc) is 3.33. The smallest absolute Gasteiger partial charge is 0.122 e. The molecule has 0 saturated carbocycles. The topological polar surface area (TPSA) is 81.5 Å². The lowest BCUT2D eigenvalue weighted by Crippen LogP contribution is -2.06. The van der Waals surface area contributed by atoms with E-state index in [0.29, 0.717) is 0 Å². The number of aryl methyl sites for hydroxylation is 2. The summed E-state index contributed by atoms with van der Waals surface area (Å²) in [4.78, 5) is 0. The number of benzene rings is 2. The highest BCUT2D eigenvalue weighted by atomic mass is 16.5. The lowest BCUT2D eigenvalue weighted by Gasteiger charge is -2.19. The zero-order valence-electron chi connectivity index (χ0n) is 16.4. The molecule has 0 fully saturated rings. The van der Waals surface area contributed by atoms with Crippen LogP contribution in [-0.2, 0) is 7.05 Å². The zero-order chi connectivity index (χ0) is 20.0. The summed E-state index contributed by atoms with van der Waals surface area (Å²) in [5.74, 6) is 0.787. The first-order chi connectivity index (χ1) is 14.1. The van der Waals surface area contributed by atoms with Crippen LogP contribution < -0.4 is 4.74 Å². The van der Waals surface area contributed by atoms with E-state index in [1.807, 2.05) is 49.8 Å². The first kappa shape index (κ1) is 17.4. The van der Waals surface area contributed by atoms with Gasteiger partial charge in [-0.25, -0.2) is 0 Å². The number of nitrogens with zero attached hydrogens (tertiary/aromatic N) is 5. The molecule has 3 heterocycles. The van der Waals surface area contributed by atoms with E-state index in [1.165, 1.54) is 5.56 Å². The van der Waals surface area contributed by atoms with Crippen molar-refractivity contribution in [2.24, 2.45) is 7.05 Å². The first-order valence-corrected chi connectivity index (χ1v) is 9.45. The number of aromatic nitrogens is 6. The summed E-state index contributed by atoms with van der Waals surface area (Å²) in [6.07, 6.45) is 5.34. The fourth-order valence-corrected chi connectivity index (χ4v) is 3.83. The van der Waals surface area contributed by atoms with Crippen molar-refractivity contribution in [1.29, 1.82) is 0 Å². The molecular weight excluding hydrogens is 364 g/mol. The van der Waals surface area contributed by atoms with E-state index < -0.39 is 0 Å². The van der Waals surface area contributed by atoms with Gasteiger partial charge in [0.25, 0.3) is 0 Å². The zero-order valence-corrected chi connectivity index (χ0v) is 16.4. The van der Waals surface area contributed by atoms with E-state index in [4.69, 9.17) is 4.74 Å². The molecule has 1 unspecified atom stereocenters. The minimum Gasteiger partial charge on any atom is -0.486 e. The van der Waals surface area contributed by atoms with E-state index in [9.17, 15) is 0 Å². The maximum Gasteiger partial charge on any atom is 0.122 e. The second-order valence-corrected chi connectivity index (χ2v) is 7.20. The first-order valence-electron chi connectivity index (χ1n) is 9.45. The van der Waals surface area contributed by atoms with Crippen LogP contribution in [-0.4, -0.2) is 30.2 Å². The number of fused-ring (bicyclic) bond motifs is 2. The Morgan fingerprint density at radius 1 is 1.10 bits per heavy atom. The van der Waals surface area contributed by atoms with Crippen LogP contribution in [0.25, 0.3) is 33.1 Å². The van der Waals surface area contributed by atoms with Gasteiger partial charge in [0.2, 0.25) is 0 Å². The summed E-state index contributed by atoms with van der Waals surface area (Å²) >= 11 is 0. The molecular formula is C22H20N6O. The van der Waals surface area contributed by atoms with E-state index in [1.54, 1.807) is 10.9 Å². The maximum atomic E-state index is 6.35. The normalized spacial score (nSPS) is 12.5. The number of hydrogen-bond acceptors (Lipinski definition) is 5. The van der Waals surface area contributed by atoms with Crippen LogP contribution in [0.2, 0.25) is 0 Å². The summed E-state index contributed by atoms with van der Waals surface area (Å²) in [7, 11) is 1.89.